The molecule has 2 rings (SSSR count). The standard InChI is InChI=1S/C15H15F3N2O4/c1-22-6-9-11(14(21)23-2)13(20-15(19-9)24-3)10-7(16)4-5-8(17)12(10)18/h4-5,11,13H,6H2,1-3H3. The Morgan fingerprint density at radius 1 is 1.17 bits per heavy atom. The topological polar surface area (TPSA) is 69.5 Å². The third kappa shape index (κ3) is 3.25. The average Bonchev–Trinajstić information content (AvgIpc) is 2.58. The molecule has 1 aliphatic heterocycles. The molecule has 1 aromatic carbocycles. The van der Waals surface area contributed by atoms with E-state index >= 15 is 0 Å². The quantitative estimate of drug-likeness (QED) is 0.619. The molecule has 2 atom stereocenters. The molecule has 24 heavy (non-hydrogen) atoms. The second-order valence-electron chi connectivity index (χ2n) is 4.85. The van der Waals surface area contributed by atoms with E-state index in [-0.39, 0.29) is 18.3 Å². The highest BCUT2D eigenvalue weighted by molar-refractivity contribution is 6.09. The molecule has 9 heteroatoms. The van der Waals surface area contributed by atoms with E-state index in [1.165, 1.54) is 14.2 Å². The molecule has 0 saturated heterocycles. The number of hydrogen-bond donors (Lipinski definition) is 0. The van der Waals surface area contributed by atoms with Crippen molar-refractivity contribution in [3.05, 3.63) is 35.1 Å². The summed E-state index contributed by atoms with van der Waals surface area (Å²) in [6.07, 6.45) is 0. The van der Waals surface area contributed by atoms with Crippen LogP contribution in [0.3, 0.4) is 0 Å². The van der Waals surface area contributed by atoms with Crippen LogP contribution in [-0.2, 0) is 19.0 Å². The SMILES string of the molecule is COCC1=NC(OC)=NC(c2c(F)ccc(F)c2F)C1C(=O)OC. The van der Waals surface area contributed by atoms with Gasteiger partial charge in [-0.15, -0.1) is 0 Å². The number of nitrogens with zero attached hydrogens (tertiary/aromatic N) is 2. The third-order valence-electron chi connectivity index (χ3n) is 3.47. The number of halogens is 3. The van der Waals surface area contributed by atoms with Gasteiger partial charge in [0, 0.05) is 7.11 Å². The molecule has 1 heterocycles. The van der Waals surface area contributed by atoms with Gasteiger partial charge in [0.15, 0.2) is 11.6 Å². The largest absolute Gasteiger partial charge is 0.468 e. The fourth-order valence-electron chi connectivity index (χ4n) is 2.40. The van der Waals surface area contributed by atoms with Crippen molar-refractivity contribution in [3.63, 3.8) is 0 Å². The third-order valence-corrected chi connectivity index (χ3v) is 3.47. The number of ether oxygens (including phenoxy) is 3. The van der Waals surface area contributed by atoms with Crippen LogP contribution in [0.2, 0.25) is 0 Å². The molecule has 2 unspecified atom stereocenters. The molecule has 6 nitrogen and oxygen atoms in total. The monoisotopic (exact) mass is 344 g/mol. The van der Waals surface area contributed by atoms with Crippen LogP contribution >= 0.6 is 0 Å². The van der Waals surface area contributed by atoms with Crippen molar-refractivity contribution in [2.24, 2.45) is 15.9 Å². The van der Waals surface area contributed by atoms with Crippen molar-refractivity contribution < 1.29 is 32.2 Å². The number of amidine groups is 1. The minimum absolute atomic E-state index is 0.101. The number of benzene rings is 1. The van der Waals surface area contributed by atoms with Gasteiger partial charge in [0.25, 0.3) is 0 Å². The predicted octanol–water partition coefficient (Wildman–Crippen LogP) is 2.04. The normalized spacial score (nSPS) is 20.2. The first-order valence-corrected chi connectivity index (χ1v) is 6.84. The molecule has 0 fully saturated rings. The Hall–Kier alpha value is -2.42. The van der Waals surface area contributed by atoms with E-state index in [0.717, 1.165) is 13.2 Å². The first-order chi connectivity index (χ1) is 11.4. The van der Waals surface area contributed by atoms with Gasteiger partial charge in [0.2, 0.25) is 0 Å². The van der Waals surface area contributed by atoms with Gasteiger partial charge >= 0.3 is 12.0 Å². The lowest BCUT2D eigenvalue weighted by molar-refractivity contribution is -0.143. The van der Waals surface area contributed by atoms with Gasteiger partial charge in [0.1, 0.15) is 17.8 Å². The molecule has 0 aliphatic carbocycles. The summed E-state index contributed by atoms with van der Waals surface area (Å²) in [6, 6.07) is -0.248. The van der Waals surface area contributed by atoms with E-state index in [9.17, 15) is 18.0 Å². The Morgan fingerprint density at radius 2 is 1.83 bits per heavy atom. The minimum atomic E-state index is -1.44. The molecule has 0 N–H and O–H groups in total. The Balaban J connectivity index is 2.64. The highest BCUT2D eigenvalue weighted by atomic mass is 19.2. The molecule has 0 radical (unpaired) electrons. The van der Waals surface area contributed by atoms with Crippen molar-refractivity contribution in [1.29, 1.82) is 0 Å². The highest BCUT2D eigenvalue weighted by Gasteiger charge is 2.41. The van der Waals surface area contributed by atoms with E-state index in [1.54, 1.807) is 0 Å². The highest BCUT2D eigenvalue weighted by Crippen LogP contribution is 2.35. The van der Waals surface area contributed by atoms with Gasteiger partial charge in [-0.05, 0) is 12.1 Å². The number of methoxy groups -OCH3 is 3. The molecule has 0 amide bonds. The van der Waals surface area contributed by atoms with Crippen LogP contribution in [0.1, 0.15) is 11.6 Å². The summed E-state index contributed by atoms with van der Waals surface area (Å²) in [5, 5.41) is 0. The van der Waals surface area contributed by atoms with Crippen LogP contribution in [0, 0.1) is 23.4 Å². The fraction of sp³-hybridized carbons (Fsp3) is 0.400. The van der Waals surface area contributed by atoms with E-state index in [2.05, 4.69) is 14.7 Å². The molecule has 0 bridgehead atoms. The van der Waals surface area contributed by atoms with Gasteiger partial charge in [-0.1, -0.05) is 0 Å². The van der Waals surface area contributed by atoms with E-state index in [4.69, 9.17) is 9.47 Å². The van der Waals surface area contributed by atoms with Gasteiger partial charge in [0.05, 0.1) is 32.1 Å². The van der Waals surface area contributed by atoms with E-state index in [0.29, 0.717) is 6.07 Å². The maximum atomic E-state index is 14.2. The number of esters is 1. The Bertz CT molecular complexity index is 706. The van der Waals surface area contributed by atoms with Crippen LogP contribution in [0.25, 0.3) is 0 Å². The van der Waals surface area contributed by atoms with Crippen LogP contribution in [0.15, 0.2) is 22.1 Å². The van der Waals surface area contributed by atoms with Crippen molar-refractivity contribution >= 4 is 17.7 Å². The summed E-state index contributed by atoms with van der Waals surface area (Å²) in [6.45, 7) is -0.128. The summed E-state index contributed by atoms with van der Waals surface area (Å²) in [4.78, 5) is 20.0. The molecular weight excluding hydrogens is 329 g/mol. The average molecular weight is 344 g/mol. The zero-order valence-corrected chi connectivity index (χ0v) is 13.2. The Morgan fingerprint density at radius 3 is 2.42 bits per heavy atom. The zero-order chi connectivity index (χ0) is 17.9. The number of aliphatic imine (C=N–C) groups is 2. The molecule has 130 valence electrons. The van der Waals surface area contributed by atoms with Crippen molar-refractivity contribution in [2.75, 3.05) is 27.9 Å². The maximum Gasteiger partial charge on any atom is 0.317 e. The van der Waals surface area contributed by atoms with Crippen LogP contribution in [-0.4, -0.2) is 45.6 Å². The second-order valence-corrected chi connectivity index (χ2v) is 4.85. The van der Waals surface area contributed by atoms with Gasteiger partial charge in [-0.2, -0.15) is 0 Å². The fourth-order valence-corrected chi connectivity index (χ4v) is 2.40. The van der Waals surface area contributed by atoms with Gasteiger partial charge in [-0.3, -0.25) is 4.79 Å². The molecular formula is C15H15F3N2O4. The lowest BCUT2D eigenvalue weighted by Crippen LogP contribution is -2.37. The zero-order valence-electron chi connectivity index (χ0n) is 13.2. The van der Waals surface area contributed by atoms with Crippen LogP contribution in [0.4, 0.5) is 13.2 Å². The van der Waals surface area contributed by atoms with Crippen LogP contribution < -0.4 is 0 Å². The van der Waals surface area contributed by atoms with Crippen molar-refractivity contribution in [2.45, 2.75) is 6.04 Å². The van der Waals surface area contributed by atoms with Crippen molar-refractivity contribution in [1.82, 2.24) is 0 Å². The maximum absolute atomic E-state index is 14.2. The summed E-state index contributed by atoms with van der Waals surface area (Å²) in [5.74, 6) is -5.87. The first kappa shape index (κ1) is 17.9. The summed E-state index contributed by atoms with van der Waals surface area (Å²) in [7, 11) is 3.71. The summed E-state index contributed by atoms with van der Waals surface area (Å²) < 4.78 is 56.4. The Kier molecular flexibility index (Phi) is 5.55. The summed E-state index contributed by atoms with van der Waals surface area (Å²) >= 11 is 0. The van der Waals surface area contributed by atoms with Gasteiger partial charge < -0.3 is 14.2 Å². The first-order valence-electron chi connectivity index (χ1n) is 6.84. The van der Waals surface area contributed by atoms with E-state index < -0.39 is 40.9 Å². The molecule has 0 aromatic heterocycles. The molecule has 0 spiro atoms. The lowest BCUT2D eigenvalue weighted by Gasteiger charge is -2.27. The molecule has 1 aliphatic rings. The lowest BCUT2D eigenvalue weighted by atomic mass is 9.88. The van der Waals surface area contributed by atoms with E-state index in [1.807, 2.05) is 0 Å². The number of rotatable bonds is 4. The molecule has 1 aromatic rings. The summed E-state index contributed by atoms with van der Waals surface area (Å²) in [5.41, 5.74) is -0.604. The molecule has 0 saturated carbocycles. The van der Waals surface area contributed by atoms with Crippen LogP contribution in [0.5, 0.6) is 0 Å². The second kappa shape index (κ2) is 7.43. The smallest absolute Gasteiger partial charge is 0.317 e. The number of hydrogen-bond acceptors (Lipinski definition) is 6. The minimum Gasteiger partial charge on any atom is -0.468 e. The number of carbonyl (C=O) groups is 1. The van der Waals surface area contributed by atoms with Crippen molar-refractivity contribution in [3.8, 4) is 0 Å². The predicted molar refractivity (Wildman–Crippen MR) is 78.3 cm³/mol. The van der Waals surface area contributed by atoms with Gasteiger partial charge in [-0.25, -0.2) is 23.2 Å². The Labute approximate surface area is 135 Å². The number of carbonyl (C=O) groups excluding carboxylic acids is 1.